The number of hydrogen-bond acceptors (Lipinski definition) is 3. The molecule has 0 aromatic carbocycles. The summed E-state index contributed by atoms with van der Waals surface area (Å²) in [6.07, 6.45) is 11.2. The fourth-order valence-corrected chi connectivity index (χ4v) is 5.60. The van der Waals surface area contributed by atoms with E-state index in [1.165, 1.54) is 32.1 Å². The van der Waals surface area contributed by atoms with E-state index in [1.807, 2.05) is 18.5 Å². The zero-order valence-electron chi connectivity index (χ0n) is 12.3. The molecule has 3 heteroatoms. The monoisotopic (exact) mass is 271 g/mol. The summed E-state index contributed by atoms with van der Waals surface area (Å²) in [6.45, 7) is 3.21. The number of rotatable bonds is 4. The molecule has 3 nitrogen and oxygen atoms in total. The molecule has 4 fully saturated rings. The minimum atomic E-state index is 0.371. The Morgan fingerprint density at radius 2 is 1.65 bits per heavy atom. The van der Waals surface area contributed by atoms with Crippen LogP contribution in [0.2, 0.25) is 0 Å². The predicted molar refractivity (Wildman–Crippen MR) is 79.0 cm³/mol. The van der Waals surface area contributed by atoms with Gasteiger partial charge in [-0.1, -0.05) is 6.92 Å². The van der Waals surface area contributed by atoms with Crippen molar-refractivity contribution in [1.82, 2.24) is 15.3 Å². The molecule has 0 radical (unpaired) electrons. The maximum Gasteiger partial charge on any atom is 0.145 e. The summed E-state index contributed by atoms with van der Waals surface area (Å²) >= 11 is 0. The van der Waals surface area contributed by atoms with Crippen LogP contribution in [-0.4, -0.2) is 16.5 Å². The Morgan fingerprint density at radius 3 is 2.20 bits per heavy atom. The van der Waals surface area contributed by atoms with Crippen LogP contribution in [0, 0.1) is 29.6 Å². The van der Waals surface area contributed by atoms with Gasteiger partial charge in [-0.2, -0.15) is 0 Å². The van der Waals surface area contributed by atoms with E-state index in [9.17, 15) is 0 Å². The summed E-state index contributed by atoms with van der Waals surface area (Å²) in [7, 11) is 0. The highest BCUT2D eigenvalue weighted by Gasteiger charge is 2.51. The molecule has 0 saturated heterocycles. The minimum Gasteiger partial charge on any atom is -0.307 e. The van der Waals surface area contributed by atoms with Gasteiger partial charge in [-0.25, -0.2) is 9.97 Å². The molecule has 1 aromatic heterocycles. The van der Waals surface area contributed by atoms with E-state index in [0.717, 1.165) is 42.0 Å². The molecule has 4 aliphatic carbocycles. The second-order valence-electron chi connectivity index (χ2n) is 7.15. The van der Waals surface area contributed by atoms with Crippen molar-refractivity contribution in [1.29, 1.82) is 0 Å². The summed E-state index contributed by atoms with van der Waals surface area (Å²) in [6, 6.07) is 2.29. The van der Waals surface area contributed by atoms with Crippen molar-refractivity contribution in [3.63, 3.8) is 0 Å². The van der Waals surface area contributed by atoms with E-state index >= 15 is 0 Å². The molecule has 108 valence electrons. The molecule has 4 bridgehead atoms. The average Bonchev–Trinajstić information content (AvgIpc) is 2.46. The molecule has 5 rings (SSSR count). The zero-order chi connectivity index (χ0) is 13.5. The lowest BCUT2D eigenvalue weighted by Crippen LogP contribution is -2.50. The highest BCUT2D eigenvalue weighted by atomic mass is 15.0. The van der Waals surface area contributed by atoms with Crippen molar-refractivity contribution in [3.8, 4) is 0 Å². The fourth-order valence-electron chi connectivity index (χ4n) is 5.60. The Labute approximate surface area is 121 Å². The molecule has 1 aromatic rings. The van der Waals surface area contributed by atoms with Crippen LogP contribution in [-0.2, 0) is 0 Å². The highest BCUT2D eigenvalue weighted by molar-refractivity contribution is 5.07. The van der Waals surface area contributed by atoms with Crippen molar-refractivity contribution in [2.24, 2.45) is 29.6 Å². The standard InChI is InChI=1S/C17H25N3/c1-2-18-16(17-19-4-3-5-20-17)15-13-7-11-6-12(9-13)10-14(15)8-11/h3-5,11-16,18H,2,6-10H2,1H3. The maximum atomic E-state index is 4.56. The van der Waals surface area contributed by atoms with Crippen molar-refractivity contribution >= 4 is 0 Å². The Bertz CT molecular complexity index is 431. The van der Waals surface area contributed by atoms with E-state index in [1.54, 1.807) is 0 Å². The SMILES string of the molecule is CCNC(c1ncccn1)C1C2CC3CC(C2)CC1C3. The van der Waals surface area contributed by atoms with Crippen LogP contribution in [0.25, 0.3) is 0 Å². The van der Waals surface area contributed by atoms with Gasteiger partial charge < -0.3 is 5.32 Å². The third kappa shape index (κ3) is 2.07. The van der Waals surface area contributed by atoms with E-state index < -0.39 is 0 Å². The van der Waals surface area contributed by atoms with Gasteiger partial charge in [0.1, 0.15) is 5.82 Å². The molecule has 1 unspecified atom stereocenters. The quantitative estimate of drug-likeness (QED) is 0.914. The summed E-state index contributed by atoms with van der Waals surface area (Å²) < 4.78 is 0. The van der Waals surface area contributed by atoms with Crippen LogP contribution in [0.1, 0.15) is 50.9 Å². The summed E-state index contributed by atoms with van der Waals surface area (Å²) in [5, 5.41) is 3.70. The van der Waals surface area contributed by atoms with Crippen LogP contribution in [0.5, 0.6) is 0 Å². The molecule has 0 spiro atoms. The average molecular weight is 271 g/mol. The van der Waals surface area contributed by atoms with Gasteiger partial charge in [-0.05, 0) is 74.3 Å². The van der Waals surface area contributed by atoms with Gasteiger partial charge in [0.05, 0.1) is 6.04 Å². The normalized spacial score (nSPS) is 40.0. The molecule has 4 aliphatic rings. The Balaban J connectivity index is 1.63. The predicted octanol–water partition coefficient (Wildman–Crippen LogP) is 3.20. The van der Waals surface area contributed by atoms with E-state index in [0.29, 0.717) is 6.04 Å². The first-order chi connectivity index (χ1) is 9.85. The Kier molecular flexibility index (Phi) is 3.25. The van der Waals surface area contributed by atoms with Crippen molar-refractivity contribution in [2.45, 2.75) is 45.1 Å². The molecule has 1 heterocycles. The smallest absolute Gasteiger partial charge is 0.145 e. The number of aromatic nitrogens is 2. The second-order valence-corrected chi connectivity index (χ2v) is 7.15. The number of nitrogens with zero attached hydrogens (tertiary/aromatic N) is 2. The van der Waals surface area contributed by atoms with Gasteiger partial charge in [0.15, 0.2) is 0 Å². The lowest BCUT2D eigenvalue weighted by Gasteiger charge is -2.56. The first kappa shape index (κ1) is 12.8. The molecule has 0 aliphatic heterocycles. The zero-order valence-corrected chi connectivity index (χ0v) is 12.3. The number of hydrogen-bond donors (Lipinski definition) is 1. The van der Waals surface area contributed by atoms with E-state index in [4.69, 9.17) is 0 Å². The second kappa shape index (κ2) is 5.10. The third-order valence-electron chi connectivity index (χ3n) is 5.97. The Hall–Kier alpha value is -0.960. The van der Waals surface area contributed by atoms with Crippen molar-refractivity contribution in [2.75, 3.05) is 6.54 Å². The molecule has 1 atom stereocenters. The molecular weight excluding hydrogens is 246 g/mol. The molecule has 1 N–H and O–H groups in total. The molecule has 0 amide bonds. The highest BCUT2D eigenvalue weighted by Crippen LogP contribution is 2.59. The lowest BCUT2D eigenvalue weighted by atomic mass is 9.50. The summed E-state index contributed by atoms with van der Waals surface area (Å²) in [4.78, 5) is 9.11. The topological polar surface area (TPSA) is 37.8 Å². The molecule has 4 saturated carbocycles. The van der Waals surface area contributed by atoms with Gasteiger partial charge in [0, 0.05) is 12.4 Å². The van der Waals surface area contributed by atoms with Crippen LogP contribution >= 0.6 is 0 Å². The number of nitrogens with one attached hydrogen (secondary N) is 1. The molecular formula is C17H25N3. The van der Waals surface area contributed by atoms with E-state index in [2.05, 4.69) is 22.2 Å². The van der Waals surface area contributed by atoms with E-state index in [-0.39, 0.29) is 0 Å². The van der Waals surface area contributed by atoms with Crippen LogP contribution < -0.4 is 5.32 Å². The maximum absolute atomic E-state index is 4.56. The fraction of sp³-hybridized carbons (Fsp3) is 0.765. The van der Waals surface area contributed by atoms with Crippen molar-refractivity contribution in [3.05, 3.63) is 24.3 Å². The Morgan fingerprint density at radius 1 is 1.05 bits per heavy atom. The van der Waals surface area contributed by atoms with Crippen LogP contribution in [0.3, 0.4) is 0 Å². The van der Waals surface area contributed by atoms with Crippen molar-refractivity contribution < 1.29 is 0 Å². The van der Waals surface area contributed by atoms with Gasteiger partial charge in [0.25, 0.3) is 0 Å². The first-order valence-corrected chi connectivity index (χ1v) is 8.35. The lowest BCUT2D eigenvalue weighted by molar-refractivity contribution is -0.0535. The summed E-state index contributed by atoms with van der Waals surface area (Å²) in [5.41, 5.74) is 0. The third-order valence-corrected chi connectivity index (χ3v) is 5.97. The van der Waals surface area contributed by atoms with Gasteiger partial charge in [-0.15, -0.1) is 0 Å². The largest absolute Gasteiger partial charge is 0.307 e. The first-order valence-electron chi connectivity index (χ1n) is 8.35. The van der Waals surface area contributed by atoms with Crippen LogP contribution in [0.4, 0.5) is 0 Å². The molecule has 20 heavy (non-hydrogen) atoms. The summed E-state index contributed by atoms with van der Waals surface area (Å²) in [5.74, 6) is 5.69. The minimum absolute atomic E-state index is 0.371. The van der Waals surface area contributed by atoms with Gasteiger partial charge in [0.2, 0.25) is 0 Å². The van der Waals surface area contributed by atoms with Crippen LogP contribution in [0.15, 0.2) is 18.5 Å². The van der Waals surface area contributed by atoms with Gasteiger partial charge >= 0.3 is 0 Å². The van der Waals surface area contributed by atoms with Gasteiger partial charge in [-0.3, -0.25) is 0 Å².